The van der Waals surface area contributed by atoms with Crippen molar-refractivity contribution in [1.29, 1.82) is 5.26 Å². The molecular weight excluding hydrogens is 240 g/mol. The Morgan fingerprint density at radius 2 is 2.37 bits per heavy atom. The van der Waals surface area contributed by atoms with E-state index >= 15 is 0 Å². The highest BCUT2D eigenvalue weighted by Crippen LogP contribution is 2.33. The molecular formula is C14H18N4O. The number of nitriles is 1. The number of hydrogen-bond acceptors (Lipinski definition) is 4. The van der Waals surface area contributed by atoms with Crippen molar-refractivity contribution in [3.05, 3.63) is 23.8 Å². The van der Waals surface area contributed by atoms with E-state index in [1.807, 2.05) is 23.1 Å². The molecule has 1 aliphatic heterocycles. The first-order chi connectivity index (χ1) is 9.13. The van der Waals surface area contributed by atoms with Crippen LogP contribution in [0, 0.1) is 11.3 Å². The van der Waals surface area contributed by atoms with Crippen molar-refractivity contribution in [2.24, 2.45) is 0 Å². The molecule has 2 rings (SSSR count). The van der Waals surface area contributed by atoms with Crippen molar-refractivity contribution in [2.75, 3.05) is 37.3 Å². The summed E-state index contributed by atoms with van der Waals surface area (Å²) in [7, 11) is 1.73. The summed E-state index contributed by atoms with van der Waals surface area (Å²) in [6.45, 7) is 1.62. The topological polar surface area (TPSA) is 73.4 Å². The highest BCUT2D eigenvalue weighted by atomic mass is 16.2. The highest BCUT2D eigenvalue weighted by molar-refractivity contribution is 5.85. The molecule has 0 radical (unpaired) electrons. The Morgan fingerprint density at radius 3 is 3.11 bits per heavy atom. The maximum Gasteiger partial charge on any atom is 0.241 e. The molecule has 0 aliphatic carbocycles. The lowest BCUT2D eigenvalue weighted by Crippen LogP contribution is -2.38. The predicted octanol–water partition coefficient (Wildman–Crippen LogP) is 1.00. The van der Waals surface area contributed by atoms with E-state index in [-0.39, 0.29) is 5.91 Å². The molecule has 19 heavy (non-hydrogen) atoms. The van der Waals surface area contributed by atoms with Crippen molar-refractivity contribution >= 4 is 17.3 Å². The van der Waals surface area contributed by atoms with Gasteiger partial charge in [0.05, 0.1) is 30.4 Å². The second-order valence-corrected chi connectivity index (χ2v) is 4.75. The SMILES string of the molecule is CN(CCC#N)C(=O)CN1CCc2cccc(N)c21. The van der Waals surface area contributed by atoms with Gasteiger partial charge in [-0.15, -0.1) is 0 Å². The van der Waals surface area contributed by atoms with Crippen molar-refractivity contribution in [3.63, 3.8) is 0 Å². The first-order valence-electron chi connectivity index (χ1n) is 6.36. The third-order valence-corrected chi connectivity index (χ3v) is 3.43. The molecule has 5 nitrogen and oxygen atoms in total. The lowest BCUT2D eigenvalue weighted by Gasteiger charge is -2.23. The van der Waals surface area contributed by atoms with Gasteiger partial charge >= 0.3 is 0 Å². The molecule has 1 aliphatic rings. The molecule has 0 spiro atoms. The summed E-state index contributed by atoms with van der Waals surface area (Å²) in [6, 6.07) is 7.90. The number of carbonyl (C=O) groups excluding carboxylic acids is 1. The van der Waals surface area contributed by atoms with E-state index < -0.39 is 0 Å². The minimum Gasteiger partial charge on any atom is -0.397 e. The van der Waals surface area contributed by atoms with Crippen LogP contribution in [-0.4, -0.2) is 37.5 Å². The van der Waals surface area contributed by atoms with Gasteiger partial charge in [0.2, 0.25) is 5.91 Å². The molecule has 0 unspecified atom stereocenters. The van der Waals surface area contributed by atoms with Crippen LogP contribution in [0.1, 0.15) is 12.0 Å². The Labute approximate surface area is 113 Å². The second-order valence-electron chi connectivity index (χ2n) is 4.75. The van der Waals surface area contributed by atoms with Crippen LogP contribution in [0.4, 0.5) is 11.4 Å². The molecule has 1 aromatic carbocycles. The number of hydrogen-bond donors (Lipinski definition) is 1. The summed E-state index contributed by atoms with van der Waals surface area (Å²) in [5.74, 6) is 0.0198. The van der Waals surface area contributed by atoms with Gasteiger partial charge in [-0.25, -0.2) is 0 Å². The molecule has 0 fully saturated rings. The van der Waals surface area contributed by atoms with Gasteiger partial charge in [0.15, 0.2) is 0 Å². The van der Waals surface area contributed by atoms with Gasteiger partial charge in [-0.1, -0.05) is 12.1 Å². The zero-order valence-corrected chi connectivity index (χ0v) is 11.1. The Kier molecular flexibility index (Phi) is 3.91. The van der Waals surface area contributed by atoms with Crippen molar-refractivity contribution in [2.45, 2.75) is 12.8 Å². The maximum absolute atomic E-state index is 12.1. The Morgan fingerprint density at radius 1 is 1.58 bits per heavy atom. The van der Waals surface area contributed by atoms with Gasteiger partial charge in [-0.3, -0.25) is 4.79 Å². The number of anilines is 2. The van der Waals surface area contributed by atoms with E-state index in [4.69, 9.17) is 11.0 Å². The summed E-state index contributed by atoms with van der Waals surface area (Å²) < 4.78 is 0. The fraction of sp³-hybridized carbons (Fsp3) is 0.429. The van der Waals surface area contributed by atoms with E-state index in [1.165, 1.54) is 5.56 Å². The van der Waals surface area contributed by atoms with Crippen LogP contribution >= 0.6 is 0 Å². The zero-order valence-electron chi connectivity index (χ0n) is 11.1. The number of nitrogens with zero attached hydrogens (tertiary/aromatic N) is 3. The van der Waals surface area contributed by atoms with Crippen LogP contribution in [-0.2, 0) is 11.2 Å². The molecule has 2 N–H and O–H groups in total. The van der Waals surface area contributed by atoms with Gasteiger partial charge in [0.25, 0.3) is 0 Å². The standard InChI is InChI=1S/C14H18N4O/c1-17(8-3-7-15)13(19)10-18-9-6-11-4-2-5-12(16)14(11)18/h2,4-5H,3,6,8-10,16H2,1H3. The van der Waals surface area contributed by atoms with Crippen LogP contribution in [0.5, 0.6) is 0 Å². The summed E-state index contributed by atoms with van der Waals surface area (Å²) in [5, 5.41) is 8.53. The normalized spacial score (nSPS) is 12.9. The van der Waals surface area contributed by atoms with Gasteiger partial charge in [-0.2, -0.15) is 5.26 Å². The predicted molar refractivity (Wildman–Crippen MR) is 74.6 cm³/mol. The lowest BCUT2D eigenvalue weighted by atomic mass is 10.1. The minimum absolute atomic E-state index is 0.0198. The smallest absolute Gasteiger partial charge is 0.241 e. The molecule has 100 valence electrons. The molecule has 0 atom stereocenters. The van der Waals surface area contributed by atoms with E-state index in [1.54, 1.807) is 11.9 Å². The Balaban J connectivity index is 2.03. The maximum atomic E-state index is 12.1. The second kappa shape index (κ2) is 5.61. The van der Waals surface area contributed by atoms with Gasteiger partial charge in [0, 0.05) is 20.1 Å². The van der Waals surface area contributed by atoms with Gasteiger partial charge in [-0.05, 0) is 18.1 Å². The number of para-hydroxylation sites is 1. The molecule has 1 aromatic rings. The Bertz CT molecular complexity index is 521. The number of nitrogen functional groups attached to an aromatic ring is 1. The third kappa shape index (κ3) is 2.79. The first kappa shape index (κ1) is 13.2. The zero-order chi connectivity index (χ0) is 13.8. The molecule has 0 bridgehead atoms. The Hall–Kier alpha value is -2.22. The van der Waals surface area contributed by atoms with Crippen LogP contribution in [0.3, 0.4) is 0 Å². The van der Waals surface area contributed by atoms with Crippen molar-refractivity contribution in [3.8, 4) is 6.07 Å². The van der Waals surface area contributed by atoms with Crippen LogP contribution < -0.4 is 10.6 Å². The highest BCUT2D eigenvalue weighted by Gasteiger charge is 2.24. The largest absolute Gasteiger partial charge is 0.397 e. The first-order valence-corrected chi connectivity index (χ1v) is 6.36. The number of benzene rings is 1. The third-order valence-electron chi connectivity index (χ3n) is 3.43. The molecule has 0 saturated heterocycles. The van der Waals surface area contributed by atoms with E-state index in [2.05, 4.69) is 6.07 Å². The molecule has 0 aromatic heterocycles. The summed E-state index contributed by atoms with van der Waals surface area (Å²) in [6.07, 6.45) is 1.29. The number of amides is 1. The summed E-state index contributed by atoms with van der Waals surface area (Å²) in [5.41, 5.74) is 8.90. The van der Waals surface area contributed by atoms with Gasteiger partial charge in [0.1, 0.15) is 0 Å². The van der Waals surface area contributed by atoms with Crippen LogP contribution in [0.2, 0.25) is 0 Å². The van der Waals surface area contributed by atoms with Crippen LogP contribution in [0.15, 0.2) is 18.2 Å². The van der Waals surface area contributed by atoms with E-state index in [0.29, 0.717) is 19.5 Å². The summed E-state index contributed by atoms with van der Waals surface area (Å²) in [4.78, 5) is 15.7. The van der Waals surface area contributed by atoms with Gasteiger partial charge < -0.3 is 15.5 Å². The average molecular weight is 258 g/mol. The fourth-order valence-electron chi connectivity index (χ4n) is 2.35. The molecule has 5 heteroatoms. The lowest BCUT2D eigenvalue weighted by molar-refractivity contribution is -0.128. The van der Waals surface area contributed by atoms with Crippen molar-refractivity contribution in [1.82, 2.24) is 4.90 Å². The van der Waals surface area contributed by atoms with Crippen molar-refractivity contribution < 1.29 is 4.79 Å². The summed E-state index contributed by atoms with van der Waals surface area (Å²) >= 11 is 0. The number of fused-ring (bicyclic) bond motifs is 1. The number of likely N-dealkylation sites (N-methyl/N-ethyl adjacent to an activating group) is 1. The van der Waals surface area contributed by atoms with E-state index in [0.717, 1.165) is 24.3 Å². The van der Waals surface area contributed by atoms with E-state index in [9.17, 15) is 4.79 Å². The molecule has 1 amide bonds. The fourth-order valence-corrected chi connectivity index (χ4v) is 2.35. The van der Waals surface area contributed by atoms with Crippen LogP contribution in [0.25, 0.3) is 0 Å². The monoisotopic (exact) mass is 258 g/mol. The number of carbonyl (C=O) groups is 1. The number of nitrogens with two attached hydrogens (primary N) is 1. The number of rotatable bonds is 4. The molecule has 1 heterocycles. The quantitative estimate of drug-likeness (QED) is 0.818. The average Bonchev–Trinajstić information content (AvgIpc) is 2.80. The minimum atomic E-state index is 0.0198. The molecule has 0 saturated carbocycles.